The number of methoxy groups -OCH3 is 1. The van der Waals surface area contributed by atoms with E-state index in [0.717, 1.165) is 37.3 Å². The second-order valence-electron chi connectivity index (χ2n) is 8.88. The SMILES string of the molecule is COc1cnc(-n2cnc(C)n2)c2[nH]cc(C(=O)CN3CCc4ncn(-c5ccccc5)c4CC3)c12. The van der Waals surface area contributed by atoms with Crippen LogP contribution < -0.4 is 4.74 Å². The molecule has 10 nitrogen and oxygen atoms in total. The average Bonchev–Trinajstić information content (AvgIpc) is 3.61. The molecule has 0 fully saturated rings. The maximum absolute atomic E-state index is 13.5. The number of ketones is 1. The molecular weight excluding hydrogens is 456 g/mol. The monoisotopic (exact) mass is 482 g/mol. The Morgan fingerprint density at radius 3 is 2.69 bits per heavy atom. The van der Waals surface area contributed by atoms with Crippen molar-refractivity contribution in [3.63, 3.8) is 0 Å². The van der Waals surface area contributed by atoms with Crippen LogP contribution >= 0.6 is 0 Å². The first-order valence-electron chi connectivity index (χ1n) is 11.9. The zero-order valence-corrected chi connectivity index (χ0v) is 20.2. The number of ether oxygens (including phenoxy) is 1. The molecule has 0 radical (unpaired) electrons. The van der Waals surface area contributed by atoms with Crippen LogP contribution in [0.2, 0.25) is 0 Å². The molecule has 5 aromatic rings. The number of carbonyl (C=O) groups is 1. The number of aryl methyl sites for hydroxylation is 1. The molecule has 0 atom stereocenters. The van der Waals surface area contributed by atoms with Gasteiger partial charge in [0.2, 0.25) is 0 Å². The highest BCUT2D eigenvalue weighted by Gasteiger charge is 2.24. The minimum atomic E-state index is 0.0250. The van der Waals surface area contributed by atoms with Crippen LogP contribution in [0.4, 0.5) is 0 Å². The number of imidazole rings is 1. The van der Waals surface area contributed by atoms with Crippen molar-refractivity contribution in [2.45, 2.75) is 19.8 Å². The van der Waals surface area contributed by atoms with Crippen molar-refractivity contribution >= 4 is 16.7 Å². The molecule has 1 N–H and O–H groups in total. The topological polar surface area (TPSA) is 107 Å². The lowest BCUT2D eigenvalue weighted by Gasteiger charge is -2.19. The molecule has 5 heterocycles. The van der Waals surface area contributed by atoms with Gasteiger partial charge in [-0.3, -0.25) is 9.69 Å². The predicted molar refractivity (Wildman–Crippen MR) is 134 cm³/mol. The molecule has 182 valence electrons. The van der Waals surface area contributed by atoms with Crippen LogP contribution in [0.15, 0.2) is 55.4 Å². The summed E-state index contributed by atoms with van der Waals surface area (Å²) in [5, 5.41) is 5.07. The van der Waals surface area contributed by atoms with Gasteiger partial charge in [-0.15, -0.1) is 0 Å². The number of para-hydroxylation sites is 1. The molecule has 6 rings (SSSR count). The fourth-order valence-electron chi connectivity index (χ4n) is 4.88. The van der Waals surface area contributed by atoms with Crippen molar-refractivity contribution < 1.29 is 9.53 Å². The molecule has 1 aliphatic rings. The first-order chi connectivity index (χ1) is 17.6. The molecule has 0 saturated carbocycles. The molecule has 0 bridgehead atoms. The molecule has 1 aliphatic heterocycles. The number of nitrogens with one attached hydrogen (secondary N) is 1. The van der Waals surface area contributed by atoms with E-state index in [4.69, 9.17) is 4.74 Å². The number of nitrogens with zero attached hydrogens (tertiary/aromatic N) is 7. The second kappa shape index (κ2) is 9.04. The van der Waals surface area contributed by atoms with Gasteiger partial charge in [0, 0.05) is 49.1 Å². The fraction of sp³-hybridized carbons (Fsp3) is 0.269. The fourth-order valence-corrected chi connectivity index (χ4v) is 4.88. The van der Waals surface area contributed by atoms with Gasteiger partial charge >= 0.3 is 0 Å². The Morgan fingerprint density at radius 2 is 1.92 bits per heavy atom. The summed E-state index contributed by atoms with van der Waals surface area (Å²) in [7, 11) is 1.58. The zero-order valence-electron chi connectivity index (χ0n) is 20.2. The summed E-state index contributed by atoms with van der Waals surface area (Å²) in [5.41, 5.74) is 4.68. The number of fused-ring (bicyclic) bond motifs is 2. The van der Waals surface area contributed by atoms with Crippen molar-refractivity contribution in [1.82, 2.24) is 39.2 Å². The molecule has 10 heteroatoms. The van der Waals surface area contributed by atoms with Gasteiger partial charge in [-0.05, 0) is 19.1 Å². The van der Waals surface area contributed by atoms with Crippen molar-refractivity contribution in [3.05, 3.63) is 78.2 Å². The maximum Gasteiger partial charge on any atom is 0.179 e. The number of H-pyrrole nitrogens is 1. The Morgan fingerprint density at radius 1 is 1.08 bits per heavy atom. The van der Waals surface area contributed by atoms with Gasteiger partial charge in [-0.1, -0.05) is 18.2 Å². The second-order valence-corrected chi connectivity index (χ2v) is 8.88. The third kappa shape index (κ3) is 3.85. The minimum absolute atomic E-state index is 0.0250. The van der Waals surface area contributed by atoms with Crippen LogP contribution in [0.5, 0.6) is 5.75 Å². The number of Topliss-reactive ketones (excluding diaryl/α,β-unsaturated/α-hetero) is 1. The quantitative estimate of drug-likeness (QED) is 0.371. The summed E-state index contributed by atoms with van der Waals surface area (Å²) in [5.74, 6) is 1.77. The smallest absolute Gasteiger partial charge is 0.179 e. The number of carbonyl (C=O) groups excluding carboxylic acids is 1. The van der Waals surface area contributed by atoms with E-state index < -0.39 is 0 Å². The average molecular weight is 483 g/mol. The third-order valence-corrected chi connectivity index (χ3v) is 6.68. The molecule has 0 unspecified atom stereocenters. The molecular formula is C26H26N8O2. The van der Waals surface area contributed by atoms with Crippen LogP contribution in [-0.4, -0.2) is 71.7 Å². The molecule has 1 aromatic carbocycles. The molecule has 36 heavy (non-hydrogen) atoms. The maximum atomic E-state index is 13.5. The molecule has 0 spiro atoms. The first-order valence-corrected chi connectivity index (χ1v) is 11.9. The lowest BCUT2D eigenvalue weighted by Crippen LogP contribution is -2.32. The van der Waals surface area contributed by atoms with E-state index in [1.54, 1.807) is 30.5 Å². The Kier molecular flexibility index (Phi) is 5.57. The molecule has 0 amide bonds. The van der Waals surface area contributed by atoms with E-state index in [1.807, 2.05) is 31.5 Å². The normalized spacial score (nSPS) is 14.1. The Balaban J connectivity index is 1.25. The van der Waals surface area contributed by atoms with Gasteiger partial charge in [0.05, 0.1) is 42.8 Å². The summed E-state index contributed by atoms with van der Waals surface area (Å²) in [6.45, 7) is 3.68. The van der Waals surface area contributed by atoms with Crippen molar-refractivity contribution in [3.8, 4) is 17.3 Å². The predicted octanol–water partition coefficient (Wildman–Crippen LogP) is 2.93. The van der Waals surface area contributed by atoms with Crippen LogP contribution in [0.1, 0.15) is 27.6 Å². The molecule has 0 aliphatic carbocycles. The number of aromatic nitrogens is 7. The van der Waals surface area contributed by atoms with E-state index in [-0.39, 0.29) is 5.78 Å². The van der Waals surface area contributed by atoms with Gasteiger partial charge in [-0.2, -0.15) is 5.10 Å². The van der Waals surface area contributed by atoms with Gasteiger partial charge in [-0.25, -0.2) is 19.6 Å². The van der Waals surface area contributed by atoms with E-state index in [2.05, 4.69) is 46.6 Å². The Labute approximate surface area is 207 Å². The molecule has 0 saturated heterocycles. The largest absolute Gasteiger partial charge is 0.494 e. The number of benzene rings is 1. The molecule has 4 aromatic heterocycles. The number of aromatic amines is 1. The minimum Gasteiger partial charge on any atom is -0.494 e. The zero-order chi connectivity index (χ0) is 24.6. The van der Waals surface area contributed by atoms with Crippen molar-refractivity contribution in [2.24, 2.45) is 0 Å². The number of pyridine rings is 1. The first kappa shape index (κ1) is 22.2. The van der Waals surface area contributed by atoms with Crippen LogP contribution in [0.25, 0.3) is 22.4 Å². The van der Waals surface area contributed by atoms with E-state index in [0.29, 0.717) is 40.4 Å². The number of hydrogen-bond donors (Lipinski definition) is 1. The van der Waals surface area contributed by atoms with Crippen molar-refractivity contribution in [2.75, 3.05) is 26.7 Å². The lowest BCUT2D eigenvalue weighted by atomic mass is 10.1. The standard InChI is InChI=1S/C26H26N8O2/c1-17-29-16-34(31-17)26-25-24(23(36-2)13-28-26)19(12-27-25)22(35)14-32-10-8-20-21(9-11-32)33(15-30-20)18-6-4-3-5-7-18/h3-7,12-13,15-16,27H,8-11,14H2,1-2H3. The Bertz CT molecular complexity index is 1550. The highest BCUT2D eigenvalue weighted by Crippen LogP contribution is 2.32. The highest BCUT2D eigenvalue weighted by atomic mass is 16.5. The number of rotatable bonds is 6. The van der Waals surface area contributed by atoms with Crippen LogP contribution in [-0.2, 0) is 12.8 Å². The third-order valence-electron chi connectivity index (χ3n) is 6.68. The highest BCUT2D eigenvalue weighted by molar-refractivity contribution is 6.12. The van der Waals surface area contributed by atoms with Gasteiger partial charge in [0.1, 0.15) is 17.9 Å². The van der Waals surface area contributed by atoms with E-state index in [1.165, 1.54) is 5.69 Å². The van der Waals surface area contributed by atoms with Crippen LogP contribution in [0.3, 0.4) is 0 Å². The van der Waals surface area contributed by atoms with Gasteiger partial charge in [0.15, 0.2) is 11.6 Å². The summed E-state index contributed by atoms with van der Waals surface area (Å²) in [6, 6.07) is 10.2. The lowest BCUT2D eigenvalue weighted by molar-refractivity contribution is 0.0934. The van der Waals surface area contributed by atoms with Crippen LogP contribution in [0, 0.1) is 6.92 Å². The Hall–Kier alpha value is -4.31. The van der Waals surface area contributed by atoms with Crippen molar-refractivity contribution in [1.29, 1.82) is 0 Å². The van der Waals surface area contributed by atoms with Gasteiger partial charge < -0.3 is 14.3 Å². The summed E-state index contributed by atoms with van der Waals surface area (Å²) in [6.07, 6.45) is 8.50. The van der Waals surface area contributed by atoms with E-state index in [9.17, 15) is 4.79 Å². The summed E-state index contributed by atoms with van der Waals surface area (Å²) in [4.78, 5) is 32.3. The summed E-state index contributed by atoms with van der Waals surface area (Å²) < 4.78 is 9.32. The van der Waals surface area contributed by atoms with E-state index >= 15 is 0 Å². The number of hydrogen-bond acceptors (Lipinski definition) is 7. The van der Waals surface area contributed by atoms with Gasteiger partial charge in [0.25, 0.3) is 0 Å². The summed E-state index contributed by atoms with van der Waals surface area (Å²) >= 11 is 0.